The average molecular weight is 347 g/mol. The molecular weight excluding hydrogens is 312 g/mol. The van der Waals surface area contributed by atoms with Crippen LogP contribution in [0.25, 0.3) is 0 Å². The number of carbonyl (C=O) groups is 1. The third-order valence-corrected chi connectivity index (χ3v) is 5.12. The van der Waals surface area contributed by atoms with Gasteiger partial charge in [-0.2, -0.15) is 4.89 Å². The first-order chi connectivity index (χ1) is 11.9. The Morgan fingerprint density at radius 3 is 2.48 bits per heavy atom. The maximum atomic E-state index is 12.2. The molecule has 1 aliphatic rings. The highest BCUT2D eigenvalue weighted by Gasteiger charge is 2.33. The molecule has 0 saturated heterocycles. The van der Waals surface area contributed by atoms with Crippen molar-refractivity contribution in [2.45, 2.75) is 85.2 Å². The fourth-order valence-corrected chi connectivity index (χ4v) is 4.05. The van der Waals surface area contributed by atoms with Gasteiger partial charge in [-0.1, -0.05) is 59.1 Å². The van der Waals surface area contributed by atoms with E-state index in [0.29, 0.717) is 11.5 Å². The van der Waals surface area contributed by atoms with Crippen molar-refractivity contribution in [3.63, 3.8) is 0 Å². The molecule has 1 aromatic carbocycles. The normalized spacial score (nSPS) is 22.6. The van der Waals surface area contributed by atoms with Gasteiger partial charge in [0.05, 0.1) is 5.56 Å². The molecular formula is C22H34O3. The Kier molecular flexibility index (Phi) is 7.49. The molecule has 2 rings (SSSR count). The monoisotopic (exact) mass is 346 g/mol. The Balaban J connectivity index is 1.78. The van der Waals surface area contributed by atoms with Crippen LogP contribution in [0, 0.1) is 11.3 Å². The van der Waals surface area contributed by atoms with Gasteiger partial charge >= 0.3 is 5.97 Å². The lowest BCUT2D eigenvalue weighted by Gasteiger charge is -2.37. The van der Waals surface area contributed by atoms with Crippen molar-refractivity contribution in [2.24, 2.45) is 11.3 Å². The van der Waals surface area contributed by atoms with Gasteiger partial charge in [-0.3, -0.25) is 4.89 Å². The van der Waals surface area contributed by atoms with Crippen molar-refractivity contribution < 1.29 is 14.6 Å². The van der Waals surface area contributed by atoms with E-state index in [1.54, 1.807) is 0 Å². The van der Waals surface area contributed by atoms with Crippen LogP contribution in [-0.4, -0.2) is 12.1 Å². The number of benzene rings is 1. The Bertz CT molecular complexity index is 533. The van der Waals surface area contributed by atoms with Gasteiger partial charge in [0.1, 0.15) is 6.10 Å². The summed E-state index contributed by atoms with van der Waals surface area (Å²) in [6.45, 7) is 8.95. The number of hydrogen-bond acceptors (Lipinski definition) is 3. The van der Waals surface area contributed by atoms with E-state index in [9.17, 15) is 4.79 Å². The molecule has 0 spiro atoms. The third kappa shape index (κ3) is 6.81. The number of hydrogen-bond donors (Lipinski definition) is 0. The number of carbonyl (C=O) groups excluding carboxylic acids is 1. The van der Waals surface area contributed by atoms with E-state index in [4.69, 9.17) is 9.78 Å². The van der Waals surface area contributed by atoms with Crippen LogP contribution in [-0.2, 0) is 16.2 Å². The Hall–Kier alpha value is -1.35. The summed E-state index contributed by atoms with van der Waals surface area (Å²) >= 11 is 0. The van der Waals surface area contributed by atoms with Gasteiger partial charge in [-0.25, -0.2) is 4.79 Å². The summed E-state index contributed by atoms with van der Waals surface area (Å²) in [6.07, 6.45) is 9.16. The van der Waals surface area contributed by atoms with E-state index in [1.165, 1.54) is 37.7 Å². The fourth-order valence-electron chi connectivity index (χ4n) is 4.05. The molecule has 25 heavy (non-hydrogen) atoms. The Morgan fingerprint density at radius 1 is 1.12 bits per heavy atom. The van der Waals surface area contributed by atoms with Gasteiger partial charge in [0.15, 0.2) is 0 Å². The minimum atomic E-state index is -0.395. The van der Waals surface area contributed by atoms with E-state index in [-0.39, 0.29) is 11.5 Å². The highest BCUT2D eigenvalue weighted by molar-refractivity contribution is 5.88. The summed E-state index contributed by atoms with van der Waals surface area (Å²) in [5.41, 5.74) is 2.07. The molecule has 2 unspecified atom stereocenters. The standard InChI is InChI=1S/C22H34O3/c1-5-6-7-8-9-18-10-12-19(13-11-18)21(23)25-24-20-14-17(2)15-22(3,4)16-20/h10-13,17,20H,5-9,14-16H2,1-4H3. The molecule has 0 aliphatic heterocycles. The van der Waals surface area contributed by atoms with Crippen molar-refractivity contribution in [3.05, 3.63) is 35.4 Å². The van der Waals surface area contributed by atoms with Crippen LogP contribution in [0.4, 0.5) is 0 Å². The zero-order valence-corrected chi connectivity index (χ0v) is 16.3. The Morgan fingerprint density at radius 2 is 1.84 bits per heavy atom. The molecule has 0 amide bonds. The molecule has 0 aromatic heterocycles. The van der Waals surface area contributed by atoms with Crippen molar-refractivity contribution in [3.8, 4) is 0 Å². The minimum absolute atomic E-state index is 0.000499. The molecule has 1 aliphatic carbocycles. The van der Waals surface area contributed by atoms with Crippen LogP contribution in [0.15, 0.2) is 24.3 Å². The smallest absolute Gasteiger partial charge is 0.293 e. The maximum absolute atomic E-state index is 12.2. The van der Waals surface area contributed by atoms with Gasteiger partial charge in [0.2, 0.25) is 0 Å². The molecule has 0 N–H and O–H groups in total. The van der Waals surface area contributed by atoms with Crippen molar-refractivity contribution in [1.29, 1.82) is 0 Å². The van der Waals surface area contributed by atoms with Gasteiger partial charge < -0.3 is 0 Å². The van der Waals surface area contributed by atoms with Crippen molar-refractivity contribution >= 4 is 5.97 Å². The van der Waals surface area contributed by atoms with Crippen LogP contribution in [0.5, 0.6) is 0 Å². The molecule has 1 fully saturated rings. The second-order valence-electron chi connectivity index (χ2n) is 8.51. The first-order valence-corrected chi connectivity index (χ1v) is 9.86. The molecule has 3 heteroatoms. The molecule has 1 aromatic rings. The van der Waals surface area contributed by atoms with Crippen molar-refractivity contribution in [1.82, 2.24) is 0 Å². The molecule has 0 bridgehead atoms. The topological polar surface area (TPSA) is 35.5 Å². The fraction of sp³-hybridized carbons (Fsp3) is 0.682. The molecule has 140 valence electrons. The van der Waals surface area contributed by atoms with E-state index in [0.717, 1.165) is 19.3 Å². The lowest BCUT2D eigenvalue weighted by atomic mass is 9.71. The minimum Gasteiger partial charge on any atom is -0.293 e. The van der Waals surface area contributed by atoms with E-state index >= 15 is 0 Å². The molecule has 3 nitrogen and oxygen atoms in total. The second-order valence-corrected chi connectivity index (χ2v) is 8.51. The van der Waals surface area contributed by atoms with Crippen LogP contribution in [0.2, 0.25) is 0 Å². The molecule has 2 atom stereocenters. The largest absolute Gasteiger partial charge is 0.373 e. The lowest BCUT2D eigenvalue weighted by Crippen LogP contribution is -2.33. The van der Waals surface area contributed by atoms with Gasteiger partial charge in [0.25, 0.3) is 0 Å². The molecule has 0 heterocycles. The maximum Gasteiger partial charge on any atom is 0.373 e. The summed E-state index contributed by atoms with van der Waals surface area (Å²) in [6, 6.07) is 7.73. The van der Waals surface area contributed by atoms with Gasteiger partial charge in [-0.15, -0.1) is 0 Å². The zero-order valence-electron chi connectivity index (χ0n) is 16.3. The third-order valence-electron chi connectivity index (χ3n) is 5.12. The van der Waals surface area contributed by atoms with Crippen LogP contribution in [0.1, 0.15) is 88.6 Å². The first kappa shape index (κ1) is 20.0. The first-order valence-electron chi connectivity index (χ1n) is 9.86. The van der Waals surface area contributed by atoms with Crippen LogP contribution >= 0.6 is 0 Å². The molecule has 0 radical (unpaired) electrons. The number of unbranched alkanes of at least 4 members (excludes halogenated alkanes) is 3. The van der Waals surface area contributed by atoms with Crippen LogP contribution in [0.3, 0.4) is 0 Å². The highest BCUT2D eigenvalue weighted by Crippen LogP contribution is 2.39. The van der Waals surface area contributed by atoms with Crippen LogP contribution < -0.4 is 0 Å². The highest BCUT2D eigenvalue weighted by atomic mass is 17.2. The number of rotatable bonds is 8. The average Bonchev–Trinajstić information content (AvgIpc) is 2.55. The summed E-state index contributed by atoms with van der Waals surface area (Å²) in [5.74, 6) is 0.202. The SMILES string of the molecule is CCCCCCc1ccc(C(=O)OOC2CC(C)CC(C)(C)C2)cc1. The summed E-state index contributed by atoms with van der Waals surface area (Å²) in [4.78, 5) is 22.8. The van der Waals surface area contributed by atoms with Gasteiger partial charge in [-0.05, 0) is 61.1 Å². The summed E-state index contributed by atoms with van der Waals surface area (Å²) in [7, 11) is 0. The number of aryl methyl sites for hydroxylation is 1. The van der Waals surface area contributed by atoms with E-state index < -0.39 is 5.97 Å². The molecule has 1 saturated carbocycles. The van der Waals surface area contributed by atoms with Crippen molar-refractivity contribution in [2.75, 3.05) is 0 Å². The summed E-state index contributed by atoms with van der Waals surface area (Å²) in [5, 5.41) is 0. The summed E-state index contributed by atoms with van der Waals surface area (Å²) < 4.78 is 0. The predicted octanol–water partition coefficient (Wildman–Crippen LogP) is 6.11. The lowest BCUT2D eigenvalue weighted by molar-refractivity contribution is -0.287. The van der Waals surface area contributed by atoms with E-state index in [1.807, 2.05) is 24.3 Å². The van der Waals surface area contributed by atoms with Gasteiger partial charge in [0, 0.05) is 0 Å². The predicted molar refractivity (Wildman–Crippen MR) is 101 cm³/mol. The zero-order chi connectivity index (χ0) is 18.3. The van der Waals surface area contributed by atoms with E-state index in [2.05, 4.69) is 27.7 Å². The second kappa shape index (κ2) is 9.38. The quantitative estimate of drug-likeness (QED) is 0.323. The Labute approximate surface area is 153 Å².